The molecule has 100 valence electrons. The molecule has 0 aliphatic carbocycles. The Morgan fingerprint density at radius 1 is 1.11 bits per heavy atom. The number of pyridine rings is 1. The van der Waals surface area contributed by atoms with E-state index in [4.69, 9.17) is 15.2 Å². The second-order valence-corrected chi connectivity index (χ2v) is 3.81. The first kappa shape index (κ1) is 12.9. The Bertz CT molecular complexity index is 640. The van der Waals surface area contributed by atoms with Gasteiger partial charge in [0.05, 0.1) is 26.8 Å². The monoisotopic (exact) mass is 262 g/mol. The Labute approximate surface area is 110 Å². The number of nitrogens with two attached hydrogens (primary N) is 1. The summed E-state index contributed by atoms with van der Waals surface area (Å²) < 4.78 is 15.0. The molecule has 19 heavy (non-hydrogen) atoms. The van der Waals surface area contributed by atoms with Crippen molar-refractivity contribution in [2.24, 2.45) is 0 Å². The summed E-state index contributed by atoms with van der Waals surface area (Å²) in [5, 5.41) is 0.685. The first-order chi connectivity index (χ1) is 9.10. The lowest BCUT2D eigenvalue weighted by Crippen LogP contribution is -2.06. The summed E-state index contributed by atoms with van der Waals surface area (Å²) in [5.74, 6) is 0.529. The van der Waals surface area contributed by atoms with Crippen molar-refractivity contribution >= 4 is 22.6 Å². The number of fused-ring (bicyclic) bond motifs is 1. The van der Waals surface area contributed by atoms with E-state index >= 15 is 0 Å². The van der Waals surface area contributed by atoms with Gasteiger partial charge in [-0.25, -0.2) is 9.78 Å². The molecule has 0 spiro atoms. The number of carbonyl (C=O) groups excluding carboxylic acids is 1. The quantitative estimate of drug-likeness (QED) is 0.846. The molecule has 1 aromatic carbocycles. The van der Waals surface area contributed by atoms with Gasteiger partial charge >= 0.3 is 5.97 Å². The molecule has 0 aliphatic heterocycles. The normalized spacial score (nSPS) is 10.3. The highest BCUT2D eigenvalue weighted by Crippen LogP contribution is 2.33. The van der Waals surface area contributed by atoms with Crippen molar-refractivity contribution in [3.63, 3.8) is 0 Å². The van der Waals surface area contributed by atoms with E-state index in [1.165, 1.54) is 27.4 Å². The third-order valence-electron chi connectivity index (χ3n) is 2.74. The summed E-state index contributed by atoms with van der Waals surface area (Å²) in [4.78, 5) is 15.7. The summed E-state index contributed by atoms with van der Waals surface area (Å²) in [7, 11) is 4.35. The number of ether oxygens (including phenoxy) is 3. The molecule has 0 aliphatic rings. The smallest absolute Gasteiger partial charge is 0.356 e. The van der Waals surface area contributed by atoms with E-state index in [2.05, 4.69) is 9.72 Å². The SMILES string of the molecule is COC(=O)c1cc(N)c2cc(OC)c(OC)cc2n1. The van der Waals surface area contributed by atoms with Gasteiger partial charge in [0.1, 0.15) is 0 Å². The molecular weight excluding hydrogens is 248 g/mol. The number of hydrogen-bond acceptors (Lipinski definition) is 6. The van der Waals surface area contributed by atoms with Crippen LogP contribution in [0.5, 0.6) is 11.5 Å². The predicted molar refractivity (Wildman–Crippen MR) is 70.6 cm³/mol. The van der Waals surface area contributed by atoms with Crippen molar-refractivity contribution in [3.05, 3.63) is 23.9 Å². The molecule has 0 amide bonds. The van der Waals surface area contributed by atoms with E-state index < -0.39 is 5.97 Å². The minimum absolute atomic E-state index is 0.153. The van der Waals surface area contributed by atoms with Crippen LogP contribution >= 0.6 is 0 Å². The van der Waals surface area contributed by atoms with Crippen LogP contribution in [0.15, 0.2) is 18.2 Å². The van der Waals surface area contributed by atoms with Crippen LogP contribution in [0.4, 0.5) is 5.69 Å². The zero-order valence-corrected chi connectivity index (χ0v) is 10.9. The molecule has 1 heterocycles. The highest BCUT2D eigenvalue weighted by molar-refractivity contribution is 5.98. The van der Waals surface area contributed by atoms with E-state index in [1.807, 2.05) is 0 Å². The van der Waals surface area contributed by atoms with Gasteiger partial charge in [-0.2, -0.15) is 0 Å². The van der Waals surface area contributed by atoms with Crippen LogP contribution in [-0.4, -0.2) is 32.3 Å². The molecule has 0 fully saturated rings. The first-order valence-corrected chi connectivity index (χ1v) is 5.51. The number of esters is 1. The number of methoxy groups -OCH3 is 3. The van der Waals surface area contributed by atoms with E-state index in [1.54, 1.807) is 12.1 Å². The average molecular weight is 262 g/mol. The fourth-order valence-corrected chi connectivity index (χ4v) is 1.79. The van der Waals surface area contributed by atoms with Gasteiger partial charge in [-0.05, 0) is 12.1 Å². The van der Waals surface area contributed by atoms with Crippen LogP contribution in [0.1, 0.15) is 10.5 Å². The van der Waals surface area contributed by atoms with Gasteiger partial charge in [0, 0.05) is 17.1 Å². The first-order valence-electron chi connectivity index (χ1n) is 5.51. The maximum Gasteiger partial charge on any atom is 0.356 e. The Hall–Kier alpha value is -2.50. The van der Waals surface area contributed by atoms with Gasteiger partial charge in [-0.15, -0.1) is 0 Å². The number of benzene rings is 1. The molecule has 1 aromatic heterocycles. The van der Waals surface area contributed by atoms with Crippen LogP contribution < -0.4 is 15.2 Å². The summed E-state index contributed by atoms with van der Waals surface area (Å²) in [6.07, 6.45) is 0. The van der Waals surface area contributed by atoms with Gasteiger partial charge in [-0.1, -0.05) is 0 Å². The van der Waals surface area contributed by atoms with Crippen molar-refractivity contribution in [2.45, 2.75) is 0 Å². The zero-order valence-electron chi connectivity index (χ0n) is 10.9. The van der Waals surface area contributed by atoms with Crippen molar-refractivity contribution in [2.75, 3.05) is 27.1 Å². The van der Waals surface area contributed by atoms with E-state index in [0.29, 0.717) is 28.1 Å². The molecule has 6 heteroatoms. The Balaban J connectivity index is 2.70. The third-order valence-corrected chi connectivity index (χ3v) is 2.74. The Kier molecular flexibility index (Phi) is 3.41. The molecule has 0 saturated carbocycles. The molecule has 0 bridgehead atoms. The van der Waals surface area contributed by atoms with Crippen LogP contribution in [0.2, 0.25) is 0 Å². The minimum Gasteiger partial charge on any atom is -0.493 e. The van der Waals surface area contributed by atoms with Gasteiger partial charge in [0.15, 0.2) is 17.2 Å². The molecular formula is C13H14N2O4. The average Bonchev–Trinajstić information content (AvgIpc) is 2.44. The largest absolute Gasteiger partial charge is 0.493 e. The number of aromatic nitrogens is 1. The highest BCUT2D eigenvalue weighted by Gasteiger charge is 2.14. The second kappa shape index (κ2) is 5.01. The molecule has 2 rings (SSSR count). The highest BCUT2D eigenvalue weighted by atomic mass is 16.5. The number of nitrogens with zero attached hydrogens (tertiary/aromatic N) is 1. The maximum absolute atomic E-state index is 11.5. The molecule has 0 saturated heterocycles. The Morgan fingerprint density at radius 3 is 2.32 bits per heavy atom. The predicted octanol–water partition coefficient (Wildman–Crippen LogP) is 1.62. The van der Waals surface area contributed by atoms with Gasteiger partial charge in [0.2, 0.25) is 0 Å². The Morgan fingerprint density at radius 2 is 1.74 bits per heavy atom. The van der Waals surface area contributed by atoms with Crippen molar-refractivity contribution in [3.8, 4) is 11.5 Å². The van der Waals surface area contributed by atoms with Crippen molar-refractivity contribution in [1.29, 1.82) is 0 Å². The summed E-state index contributed by atoms with van der Waals surface area (Å²) in [6.45, 7) is 0. The van der Waals surface area contributed by atoms with Crippen LogP contribution in [0.3, 0.4) is 0 Å². The number of rotatable bonds is 3. The van der Waals surface area contributed by atoms with Gasteiger partial charge in [0.25, 0.3) is 0 Å². The van der Waals surface area contributed by atoms with Crippen molar-refractivity contribution < 1.29 is 19.0 Å². The summed E-state index contributed by atoms with van der Waals surface area (Å²) in [6, 6.07) is 4.86. The minimum atomic E-state index is -0.539. The lowest BCUT2D eigenvalue weighted by atomic mass is 10.1. The van der Waals surface area contributed by atoms with Crippen LogP contribution in [0, 0.1) is 0 Å². The summed E-state index contributed by atoms with van der Waals surface area (Å²) >= 11 is 0. The number of nitrogen functional groups attached to an aromatic ring is 1. The number of carbonyl (C=O) groups is 1. The van der Waals surface area contributed by atoms with Gasteiger partial charge < -0.3 is 19.9 Å². The van der Waals surface area contributed by atoms with Crippen LogP contribution in [0.25, 0.3) is 10.9 Å². The molecule has 0 unspecified atom stereocenters. The van der Waals surface area contributed by atoms with Gasteiger partial charge in [-0.3, -0.25) is 0 Å². The molecule has 2 N–H and O–H groups in total. The molecule has 0 radical (unpaired) electrons. The lowest BCUT2D eigenvalue weighted by molar-refractivity contribution is 0.0594. The lowest BCUT2D eigenvalue weighted by Gasteiger charge is -2.11. The fraction of sp³-hybridized carbons (Fsp3) is 0.231. The topological polar surface area (TPSA) is 83.7 Å². The van der Waals surface area contributed by atoms with Crippen molar-refractivity contribution in [1.82, 2.24) is 4.98 Å². The van der Waals surface area contributed by atoms with E-state index in [9.17, 15) is 4.79 Å². The van der Waals surface area contributed by atoms with E-state index in [0.717, 1.165) is 0 Å². The molecule has 6 nitrogen and oxygen atoms in total. The summed E-state index contributed by atoms with van der Waals surface area (Å²) in [5.41, 5.74) is 7.04. The fourth-order valence-electron chi connectivity index (χ4n) is 1.79. The van der Waals surface area contributed by atoms with Crippen LogP contribution in [-0.2, 0) is 4.74 Å². The molecule has 2 aromatic rings. The maximum atomic E-state index is 11.5. The standard InChI is InChI=1S/C13H14N2O4/c1-17-11-4-7-8(14)5-10(13(16)19-3)15-9(7)6-12(11)18-2/h4-6H,1-3H3,(H2,14,15). The number of hydrogen-bond donors (Lipinski definition) is 1. The number of anilines is 1. The third kappa shape index (κ3) is 2.24. The molecule has 0 atom stereocenters. The second-order valence-electron chi connectivity index (χ2n) is 3.81. The van der Waals surface area contributed by atoms with E-state index in [-0.39, 0.29) is 5.69 Å². The zero-order chi connectivity index (χ0) is 14.0.